The van der Waals surface area contributed by atoms with E-state index in [-0.39, 0.29) is 17.4 Å². The molecule has 26 heavy (non-hydrogen) atoms. The number of anilines is 1. The van der Waals surface area contributed by atoms with E-state index >= 15 is 0 Å². The molecule has 3 N–H and O–H groups in total. The van der Waals surface area contributed by atoms with Crippen LogP contribution in [0.3, 0.4) is 0 Å². The van der Waals surface area contributed by atoms with Gasteiger partial charge in [0, 0.05) is 10.6 Å². The van der Waals surface area contributed by atoms with E-state index in [2.05, 4.69) is 0 Å². The second-order valence-corrected chi connectivity index (χ2v) is 7.76. The summed E-state index contributed by atoms with van der Waals surface area (Å²) in [6.45, 7) is 1.90. The van der Waals surface area contributed by atoms with Crippen LogP contribution in [0, 0.1) is 6.92 Å². The fourth-order valence-electron chi connectivity index (χ4n) is 2.35. The van der Waals surface area contributed by atoms with Gasteiger partial charge < -0.3 is 19.4 Å². The summed E-state index contributed by atoms with van der Waals surface area (Å²) < 4.78 is 34.9. The lowest BCUT2D eigenvalue weighted by atomic mass is 10.1. The lowest BCUT2D eigenvalue weighted by Gasteiger charge is -2.06. The first kappa shape index (κ1) is 18.2. The molecule has 0 amide bonds. The summed E-state index contributed by atoms with van der Waals surface area (Å²) in [5.41, 5.74) is 7.73. The Morgan fingerprint density at radius 2 is 1.73 bits per heavy atom. The molecular weight excluding hydrogens is 378 g/mol. The normalized spacial score (nSPS) is 11.5. The molecule has 6 nitrogen and oxygen atoms in total. The van der Waals surface area contributed by atoms with Gasteiger partial charge in [0.05, 0.1) is 0 Å². The Morgan fingerprint density at radius 3 is 2.35 bits per heavy atom. The van der Waals surface area contributed by atoms with Crippen molar-refractivity contribution in [3.8, 4) is 22.8 Å². The minimum Gasteiger partial charge on any atom is -0.501 e. The van der Waals surface area contributed by atoms with Crippen LogP contribution in [0.5, 0.6) is 11.5 Å². The van der Waals surface area contributed by atoms with Crippen molar-refractivity contribution in [2.24, 2.45) is 0 Å². The second-order valence-electron chi connectivity index (χ2n) is 5.75. The fraction of sp³-hybridized carbons (Fsp3) is 0.111. The Balaban J connectivity index is 1.87. The molecule has 0 aliphatic heterocycles. The topological polar surface area (TPSA) is 103 Å². The monoisotopic (exact) mass is 393 g/mol. The molecule has 1 heterocycles. The standard InChI is InChI=1S/C18H16ClNO5S/c1-11-2-4-12(5-3-11)10-26(22,23)25-17-15(21)16(24-18(17)20)13-6-8-14(19)9-7-13/h2-9,21H,10,20H2,1H3. The number of benzene rings is 2. The van der Waals surface area contributed by atoms with E-state index in [0.717, 1.165) is 5.56 Å². The molecule has 0 aliphatic carbocycles. The molecule has 2 aromatic carbocycles. The molecule has 0 bridgehead atoms. The average molecular weight is 394 g/mol. The third-order valence-corrected chi connectivity index (χ3v) is 5.01. The Kier molecular flexibility index (Phi) is 4.84. The van der Waals surface area contributed by atoms with E-state index in [1.807, 2.05) is 6.92 Å². The highest BCUT2D eigenvalue weighted by Gasteiger charge is 2.26. The van der Waals surface area contributed by atoms with Crippen LogP contribution >= 0.6 is 11.6 Å². The van der Waals surface area contributed by atoms with Crippen molar-refractivity contribution in [1.82, 2.24) is 0 Å². The van der Waals surface area contributed by atoms with Gasteiger partial charge in [-0.05, 0) is 36.8 Å². The lowest BCUT2D eigenvalue weighted by molar-refractivity contribution is 0.432. The highest BCUT2D eigenvalue weighted by Crippen LogP contribution is 2.45. The van der Waals surface area contributed by atoms with Crippen molar-refractivity contribution in [1.29, 1.82) is 0 Å². The van der Waals surface area contributed by atoms with E-state index in [9.17, 15) is 13.5 Å². The maximum Gasteiger partial charge on any atom is 0.313 e. The van der Waals surface area contributed by atoms with Crippen molar-refractivity contribution in [3.63, 3.8) is 0 Å². The van der Waals surface area contributed by atoms with Gasteiger partial charge >= 0.3 is 10.1 Å². The van der Waals surface area contributed by atoms with Crippen LogP contribution in [0.15, 0.2) is 52.9 Å². The van der Waals surface area contributed by atoms with Gasteiger partial charge in [-0.15, -0.1) is 0 Å². The first-order chi connectivity index (χ1) is 12.2. The molecule has 0 aliphatic rings. The predicted octanol–water partition coefficient (Wildman–Crippen LogP) is 4.11. The summed E-state index contributed by atoms with van der Waals surface area (Å²) >= 11 is 5.83. The van der Waals surface area contributed by atoms with Gasteiger partial charge in [-0.25, -0.2) is 0 Å². The number of halogens is 1. The second kappa shape index (κ2) is 6.93. The molecule has 0 fully saturated rings. The van der Waals surface area contributed by atoms with Crippen LogP contribution < -0.4 is 9.92 Å². The van der Waals surface area contributed by atoms with Gasteiger partial charge in [0.25, 0.3) is 0 Å². The van der Waals surface area contributed by atoms with Crippen molar-refractivity contribution in [2.45, 2.75) is 12.7 Å². The molecule has 3 aromatic rings. The molecule has 3 rings (SSSR count). The zero-order chi connectivity index (χ0) is 18.9. The number of hydrogen-bond acceptors (Lipinski definition) is 6. The van der Waals surface area contributed by atoms with E-state index in [0.29, 0.717) is 16.1 Å². The van der Waals surface area contributed by atoms with Gasteiger partial charge in [-0.3, -0.25) is 0 Å². The third-order valence-electron chi connectivity index (χ3n) is 3.65. The van der Waals surface area contributed by atoms with Crippen molar-refractivity contribution >= 4 is 27.6 Å². The summed E-state index contributed by atoms with van der Waals surface area (Å²) in [6.07, 6.45) is 0. The first-order valence-electron chi connectivity index (χ1n) is 7.60. The smallest absolute Gasteiger partial charge is 0.313 e. The quantitative estimate of drug-likeness (QED) is 0.632. The van der Waals surface area contributed by atoms with Gasteiger partial charge in [0.2, 0.25) is 17.4 Å². The molecule has 1 aromatic heterocycles. The molecule has 0 radical (unpaired) electrons. The number of aromatic hydroxyl groups is 1. The Labute approximate surface area is 155 Å². The molecule has 0 saturated heterocycles. The molecule has 0 atom stereocenters. The lowest BCUT2D eigenvalue weighted by Crippen LogP contribution is -2.12. The zero-order valence-corrected chi connectivity index (χ0v) is 15.3. The van der Waals surface area contributed by atoms with Crippen molar-refractivity contribution in [2.75, 3.05) is 5.73 Å². The Bertz CT molecular complexity index is 1020. The fourth-order valence-corrected chi connectivity index (χ4v) is 3.55. The van der Waals surface area contributed by atoms with E-state index in [1.54, 1.807) is 48.5 Å². The van der Waals surface area contributed by atoms with Crippen molar-refractivity contribution < 1.29 is 22.1 Å². The third kappa shape index (κ3) is 3.95. The number of nitrogen functional groups attached to an aromatic ring is 1. The maximum absolute atomic E-state index is 12.3. The molecule has 0 saturated carbocycles. The summed E-state index contributed by atoms with van der Waals surface area (Å²) in [5.74, 6) is -1.62. The van der Waals surface area contributed by atoms with Gasteiger partial charge in [-0.1, -0.05) is 41.4 Å². The van der Waals surface area contributed by atoms with Gasteiger partial charge in [0.15, 0.2) is 5.76 Å². The number of aryl methyl sites for hydroxylation is 1. The van der Waals surface area contributed by atoms with E-state index in [4.69, 9.17) is 25.9 Å². The van der Waals surface area contributed by atoms with E-state index < -0.39 is 21.6 Å². The average Bonchev–Trinajstić information content (AvgIpc) is 2.85. The molecular formula is C18H16ClNO5S. The predicted molar refractivity (Wildman–Crippen MR) is 99.7 cm³/mol. The molecule has 0 spiro atoms. The zero-order valence-electron chi connectivity index (χ0n) is 13.8. The molecule has 0 unspecified atom stereocenters. The highest BCUT2D eigenvalue weighted by atomic mass is 35.5. The summed E-state index contributed by atoms with van der Waals surface area (Å²) in [5, 5.41) is 10.8. The first-order valence-corrected chi connectivity index (χ1v) is 9.55. The van der Waals surface area contributed by atoms with Gasteiger partial charge in [0.1, 0.15) is 5.75 Å². The maximum atomic E-state index is 12.3. The van der Waals surface area contributed by atoms with E-state index in [1.165, 1.54) is 0 Å². The van der Waals surface area contributed by atoms with Crippen molar-refractivity contribution in [3.05, 3.63) is 64.7 Å². The number of rotatable bonds is 5. The molecule has 8 heteroatoms. The van der Waals surface area contributed by atoms with Crippen LogP contribution in [0.1, 0.15) is 11.1 Å². The Hall–Kier alpha value is -2.64. The highest BCUT2D eigenvalue weighted by molar-refractivity contribution is 7.86. The molecule has 136 valence electrons. The minimum atomic E-state index is -4.04. The Morgan fingerprint density at radius 1 is 1.12 bits per heavy atom. The largest absolute Gasteiger partial charge is 0.501 e. The SMILES string of the molecule is Cc1ccc(CS(=O)(=O)Oc2c(N)oc(-c3ccc(Cl)cc3)c2O)cc1. The van der Waals surface area contributed by atoms with Crippen LogP contribution in [0.4, 0.5) is 5.88 Å². The number of nitrogens with two attached hydrogens (primary N) is 1. The van der Waals surface area contributed by atoms with Crippen LogP contribution in [-0.2, 0) is 15.9 Å². The summed E-state index contributed by atoms with van der Waals surface area (Å²) in [4.78, 5) is 0. The number of hydrogen-bond donors (Lipinski definition) is 2. The minimum absolute atomic E-state index is 0.000275. The van der Waals surface area contributed by atoms with Crippen LogP contribution in [0.25, 0.3) is 11.3 Å². The summed E-state index contributed by atoms with van der Waals surface area (Å²) in [7, 11) is -4.04. The number of furan rings is 1. The van der Waals surface area contributed by atoms with Crippen LogP contribution in [0.2, 0.25) is 5.02 Å². The van der Waals surface area contributed by atoms with Gasteiger partial charge in [-0.2, -0.15) is 8.42 Å². The van der Waals surface area contributed by atoms with Crippen LogP contribution in [-0.4, -0.2) is 13.5 Å². The summed E-state index contributed by atoms with van der Waals surface area (Å²) in [6, 6.07) is 13.4.